The van der Waals surface area contributed by atoms with Crippen molar-refractivity contribution in [3.8, 4) is 5.75 Å². The summed E-state index contributed by atoms with van der Waals surface area (Å²) >= 11 is 9.27. The highest BCUT2D eigenvalue weighted by Crippen LogP contribution is 2.18. The molecule has 0 unspecified atom stereocenters. The van der Waals surface area contributed by atoms with Gasteiger partial charge in [-0.3, -0.25) is 9.48 Å². The predicted molar refractivity (Wildman–Crippen MR) is 97.6 cm³/mol. The second-order valence-corrected chi connectivity index (χ2v) is 6.57. The third-order valence-corrected chi connectivity index (χ3v) is 4.43. The van der Waals surface area contributed by atoms with Gasteiger partial charge in [0.15, 0.2) is 6.73 Å². The smallest absolute Gasteiger partial charge is 0.246 e. The number of amides is 1. The molecule has 0 aliphatic carbocycles. The van der Waals surface area contributed by atoms with E-state index in [4.69, 9.17) is 16.3 Å². The maximum atomic E-state index is 12.1. The Bertz CT molecular complexity index is 892. The molecule has 0 fully saturated rings. The Balaban J connectivity index is 1.54. The van der Waals surface area contributed by atoms with Crippen LogP contribution in [-0.2, 0) is 18.1 Å². The van der Waals surface area contributed by atoms with Gasteiger partial charge >= 0.3 is 0 Å². The normalized spacial score (nSPS) is 10.7. The van der Waals surface area contributed by atoms with Crippen molar-refractivity contribution in [2.75, 3.05) is 5.32 Å². The third kappa shape index (κ3) is 4.61. The predicted octanol–water partition coefficient (Wildman–Crippen LogP) is 3.48. The van der Waals surface area contributed by atoms with Gasteiger partial charge in [0.2, 0.25) is 5.91 Å². The van der Waals surface area contributed by atoms with Crippen molar-refractivity contribution >= 4 is 39.1 Å². The lowest BCUT2D eigenvalue weighted by molar-refractivity contribution is -0.116. The van der Waals surface area contributed by atoms with Crippen molar-refractivity contribution < 1.29 is 9.53 Å². The molecule has 25 heavy (non-hydrogen) atoms. The molecule has 1 N–H and O–H groups in total. The van der Waals surface area contributed by atoms with Gasteiger partial charge in [-0.1, -0.05) is 17.7 Å². The van der Waals surface area contributed by atoms with Gasteiger partial charge in [0.25, 0.3) is 0 Å². The number of hydrogen-bond donors (Lipinski definition) is 1. The minimum absolute atomic E-state index is 0.127. The zero-order chi connectivity index (χ0) is 17.8. The van der Waals surface area contributed by atoms with E-state index in [2.05, 4.69) is 31.4 Å². The van der Waals surface area contributed by atoms with E-state index in [0.29, 0.717) is 16.5 Å². The van der Waals surface area contributed by atoms with Gasteiger partial charge in [-0.15, -0.1) is 0 Å². The Morgan fingerprint density at radius 2 is 2.20 bits per heavy atom. The van der Waals surface area contributed by atoms with Gasteiger partial charge in [-0.05, 0) is 41.1 Å². The van der Waals surface area contributed by atoms with Crippen LogP contribution < -0.4 is 10.1 Å². The van der Waals surface area contributed by atoms with E-state index in [0.717, 1.165) is 10.2 Å². The summed E-state index contributed by atoms with van der Waals surface area (Å²) in [6, 6.07) is 7.11. The lowest BCUT2D eigenvalue weighted by Crippen LogP contribution is -2.20. The molecule has 3 aromatic rings. The van der Waals surface area contributed by atoms with Crippen LogP contribution in [0.2, 0.25) is 5.02 Å². The Kier molecular flexibility index (Phi) is 5.40. The molecular formula is C16H15BrClN5O2. The van der Waals surface area contributed by atoms with Crippen molar-refractivity contribution in [3.63, 3.8) is 0 Å². The van der Waals surface area contributed by atoms with E-state index in [9.17, 15) is 4.79 Å². The molecule has 0 aliphatic heterocycles. The number of nitrogens with one attached hydrogen (secondary N) is 1. The summed E-state index contributed by atoms with van der Waals surface area (Å²) in [6.45, 7) is 2.22. The van der Waals surface area contributed by atoms with Crippen LogP contribution in [0.1, 0.15) is 5.69 Å². The molecule has 2 aromatic heterocycles. The quantitative estimate of drug-likeness (QED) is 0.657. The average Bonchev–Trinajstić information content (AvgIpc) is 3.15. The highest BCUT2D eigenvalue weighted by Gasteiger charge is 2.10. The average molecular weight is 425 g/mol. The number of rotatable bonds is 6. The molecular weight excluding hydrogens is 410 g/mol. The number of ether oxygens (including phenoxy) is 1. The number of hydrogen-bond acceptors (Lipinski definition) is 4. The van der Waals surface area contributed by atoms with Crippen LogP contribution in [0.4, 0.5) is 5.69 Å². The Labute approximate surface area is 157 Å². The maximum absolute atomic E-state index is 12.1. The standard InChI is InChI=1S/C16H15BrClN5O2/c1-11-15(17)7-20-23(11)9-16(24)21-13-6-19-22(8-13)10-25-14-4-2-3-12(18)5-14/h2-8H,9-10H2,1H3,(H,21,24). The van der Waals surface area contributed by atoms with Crippen molar-refractivity contribution in [2.24, 2.45) is 0 Å². The van der Waals surface area contributed by atoms with Crippen LogP contribution in [0.25, 0.3) is 0 Å². The first kappa shape index (κ1) is 17.5. The van der Waals surface area contributed by atoms with E-state index in [1.807, 2.05) is 19.1 Å². The third-order valence-electron chi connectivity index (χ3n) is 3.41. The molecule has 0 aliphatic rings. The van der Waals surface area contributed by atoms with E-state index in [1.54, 1.807) is 40.1 Å². The van der Waals surface area contributed by atoms with Gasteiger partial charge in [0, 0.05) is 5.02 Å². The molecule has 1 amide bonds. The first-order valence-electron chi connectivity index (χ1n) is 7.40. The van der Waals surface area contributed by atoms with Crippen molar-refractivity contribution in [2.45, 2.75) is 20.2 Å². The fourth-order valence-electron chi connectivity index (χ4n) is 2.12. The van der Waals surface area contributed by atoms with Gasteiger partial charge in [0.05, 0.1) is 34.4 Å². The second kappa shape index (κ2) is 7.71. The monoisotopic (exact) mass is 423 g/mol. The van der Waals surface area contributed by atoms with Gasteiger partial charge in [0.1, 0.15) is 12.3 Å². The first-order valence-corrected chi connectivity index (χ1v) is 8.57. The summed E-state index contributed by atoms with van der Waals surface area (Å²) in [5.74, 6) is 0.460. The number of carbonyl (C=O) groups is 1. The Morgan fingerprint density at radius 3 is 2.92 bits per heavy atom. The molecule has 7 nitrogen and oxygen atoms in total. The van der Waals surface area contributed by atoms with Crippen LogP contribution in [-0.4, -0.2) is 25.5 Å². The van der Waals surface area contributed by atoms with Crippen molar-refractivity contribution in [1.29, 1.82) is 0 Å². The largest absolute Gasteiger partial charge is 0.471 e. The van der Waals surface area contributed by atoms with E-state index >= 15 is 0 Å². The lowest BCUT2D eigenvalue weighted by Gasteiger charge is -2.06. The highest BCUT2D eigenvalue weighted by molar-refractivity contribution is 9.10. The first-order chi connectivity index (χ1) is 12.0. The van der Waals surface area contributed by atoms with Gasteiger partial charge < -0.3 is 10.1 Å². The summed E-state index contributed by atoms with van der Waals surface area (Å²) in [7, 11) is 0. The van der Waals surface area contributed by atoms with Crippen LogP contribution >= 0.6 is 27.5 Å². The number of anilines is 1. The highest BCUT2D eigenvalue weighted by atomic mass is 79.9. The summed E-state index contributed by atoms with van der Waals surface area (Å²) < 4.78 is 9.65. The molecule has 0 saturated heterocycles. The molecule has 0 bridgehead atoms. The molecule has 2 heterocycles. The van der Waals surface area contributed by atoms with E-state index in [-0.39, 0.29) is 19.2 Å². The topological polar surface area (TPSA) is 74.0 Å². The SMILES string of the molecule is Cc1c(Br)cnn1CC(=O)Nc1cnn(COc2cccc(Cl)c2)c1. The van der Waals surface area contributed by atoms with E-state index < -0.39 is 0 Å². The fourth-order valence-corrected chi connectivity index (χ4v) is 2.59. The molecule has 130 valence electrons. The number of aromatic nitrogens is 4. The van der Waals surface area contributed by atoms with Crippen LogP contribution in [0.15, 0.2) is 47.3 Å². The maximum Gasteiger partial charge on any atom is 0.246 e. The molecule has 0 radical (unpaired) electrons. The second-order valence-electron chi connectivity index (χ2n) is 5.28. The van der Waals surface area contributed by atoms with Crippen molar-refractivity contribution in [1.82, 2.24) is 19.6 Å². The Hall–Kier alpha value is -2.32. The van der Waals surface area contributed by atoms with E-state index in [1.165, 1.54) is 0 Å². The number of nitrogens with zero attached hydrogens (tertiary/aromatic N) is 4. The molecule has 1 aromatic carbocycles. The number of halogens is 2. The lowest BCUT2D eigenvalue weighted by atomic mass is 10.3. The summed E-state index contributed by atoms with van der Waals surface area (Å²) in [4.78, 5) is 12.1. The Morgan fingerprint density at radius 1 is 1.36 bits per heavy atom. The summed E-state index contributed by atoms with van der Waals surface area (Å²) in [5.41, 5.74) is 1.48. The molecule has 0 atom stereocenters. The zero-order valence-corrected chi connectivity index (χ0v) is 15.7. The number of benzene rings is 1. The molecule has 0 spiro atoms. The van der Waals surface area contributed by atoms with Gasteiger partial charge in [-0.25, -0.2) is 4.68 Å². The fraction of sp³-hybridized carbons (Fsp3) is 0.188. The minimum atomic E-state index is -0.186. The molecule has 3 rings (SSSR count). The molecule has 9 heteroatoms. The summed E-state index contributed by atoms with van der Waals surface area (Å²) in [5, 5.41) is 11.7. The van der Waals surface area contributed by atoms with Crippen LogP contribution in [0.5, 0.6) is 5.75 Å². The van der Waals surface area contributed by atoms with Crippen LogP contribution in [0.3, 0.4) is 0 Å². The zero-order valence-electron chi connectivity index (χ0n) is 13.3. The summed E-state index contributed by atoms with van der Waals surface area (Å²) in [6.07, 6.45) is 4.91. The molecule has 0 saturated carbocycles. The van der Waals surface area contributed by atoms with Crippen molar-refractivity contribution in [3.05, 3.63) is 58.0 Å². The van der Waals surface area contributed by atoms with Crippen LogP contribution in [0, 0.1) is 6.92 Å². The number of carbonyl (C=O) groups excluding carboxylic acids is 1. The van der Waals surface area contributed by atoms with Gasteiger partial charge in [-0.2, -0.15) is 10.2 Å². The minimum Gasteiger partial charge on any atom is -0.471 e.